The molecule has 2 aromatic carbocycles. The first-order valence-corrected chi connectivity index (χ1v) is 10.2. The number of methoxy groups -OCH3 is 3. The van der Waals surface area contributed by atoms with Gasteiger partial charge in [-0.15, -0.1) is 0 Å². The van der Waals surface area contributed by atoms with Gasteiger partial charge in [0, 0.05) is 12.0 Å². The van der Waals surface area contributed by atoms with E-state index in [4.69, 9.17) is 18.9 Å². The zero-order valence-electron chi connectivity index (χ0n) is 18.9. The molecule has 168 valence electrons. The average molecular weight is 430 g/mol. The van der Waals surface area contributed by atoms with Crippen LogP contribution in [0.5, 0.6) is 23.0 Å². The van der Waals surface area contributed by atoms with E-state index in [1.54, 1.807) is 21.3 Å². The maximum absolute atomic E-state index is 12.6. The Morgan fingerprint density at radius 1 is 0.968 bits per heavy atom. The molecule has 0 spiro atoms. The number of hydrazine groups is 1. The average Bonchev–Trinajstić information content (AvgIpc) is 3.12. The summed E-state index contributed by atoms with van der Waals surface area (Å²) in [6.45, 7) is 5.92. The predicted octanol–water partition coefficient (Wildman–Crippen LogP) is 2.43. The van der Waals surface area contributed by atoms with E-state index in [2.05, 4.69) is 16.2 Å². The molecular formula is C23H31N3O5. The van der Waals surface area contributed by atoms with Crippen molar-refractivity contribution in [1.29, 1.82) is 0 Å². The molecule has 1 aliphatic rings. The van der Waals surface area contributed by atoms with Gasteiger partial charge in [0.15, 0.2) is 18.1 Å². The lowest BCUT2D eigenvalue weighted by molar-refractivity contribution is -0.124. The number of nitrogens with one attached hydrogen (secondary N) is 3. The zero-order chi connectivity index (χ0) is 22.5. The molecule has 3 unspecified atom stereocenters. The fraction of sp³-hybridized carbons (Fsp3) is 0.435. The molecule has 2 aromatic rings. The quantitative estimate of drug-likeness (QED) is 0.594. The molecule has 0 radical (unpaired) electrons. The number of hydrogen-bond donors (Lipinski definition) is 3. The van der Waals surface area contributed by atoms with Crippen LogP contribution in [0.4, 0.5) is 0 Å². The van der Waals surface area contributed by atoms with E-state index in [1.807, 2.05) is 51.1 Å². The second-order valence-electron chi connectivity index (χ2n) is 7.66. The molecule has 1 heterocycles. The van der Waals surface area contributed by atoms with Gasteiger partial charge in [0.2, 0.25) is 5.75 Å². The number of aryl methyl sites for hydroxylation is 2. The molecule has 0 aromatic heterocycles. The van der Waals surface area contributed by atoms with Crippen LogP contribution in [0, 0.1) is 13.8 Å². The highest BCUT2D eigenvalue weighted by atomic mass is 16.5. The van der Waals surface area contributed by atoms with Gasteiger partial charge < -0.3 is 24.3 Å². The van der Waals surface area contributed by atoms with Gasteiger partial charge in [-0.1, -0.05) is 12.1 Å². The highest BCUT2D eigenvalue weighted by Crippen LogP contribution is 2.41. The van der Waals surface area contributed by atoms with Crippen LogP contribution in [0.3, 0.4) is 0 Å². The summed E-state index contributed by atoms with van der Waals surface area (Å²) in [5.41, 5.74) is 9.37. The molecule has 3 rings (SSSR count). The topological polar surface area (TPSA) is 90.1 Å². The van der Waals surface area contributed by atoms with Gasteiger partial charge >= 0.3 is 0 Å². The summed E-state index contributed by atoms with van der Waals surface area (Å²) >= 11 is 0. The zero-order valence-corrected chi connectivity index (χ0v) is 18.9. The summed E-state index contributed by atoms with van der Waals surface area (Å²) in [6.07, 6.45) is -0.340. The van der Waals surface area contributed by atoms with Crippen molar-refractivity contribution in [2.45, 2.75) is 38.9 Å². The largest absolute Gasteiger partial charge is 0.493 e. The van der Waals surface area contributed by atoms with Crippen LogP contribution >= 0.6 is 0 Å². The van der Waals surface area contributed by atoms with Gasteiger partial charge in [-0.25, -0.2) is 5.43 Å². The van der Waals surface area contributed by atoms with Crippen LogP contribution in [-0.4, -0.2) is 46.1 Å². The highest BCUT2D eigenvalue weighted by molar-refractivity contribution is 5.78. The minimum atomic E-state index is -0.340. The van der Waals surface area contributed by atoms with E-state index in [1.165, 1.54) is 0 Å². The fourth-order valence-corrected chi connectivity index (χ4v) is 3.81. The summed E-state index contributed by atoms with van der Waals surface area (Å²) in [5.74, 6) is 2.09. The Bertz CT molecular complexity index is 908. The molecule has 1 fully saturated rings. The number of hydrogen-bond acceptors (Lipinski definition) is 7. The number of carbonyl (C=O) groups excluding carboxylic acids is 1. The standard InChI is InChI=1S/C23H31N3O5/c1-13-7-8-14(2)17(9-13)31-12-20(27)24-23-21(15(3)25-26-23)16-10-18(28-4)22(30-6)19(11-16)29-5/h7-11,15,21,23,25-26H,12H2,1-6H3,(H,24,27). The van der Waals surface area contributed by atoms with Crippen molar-refractivity contribution in [3.05, 3.63) is 47.0 Å². The molecule has 0 bridgehead atoms. The molecule has 8 nitrogen and oxygen atoms in total. The monoisotopic (exact) mass is 429 g/mol. The third-order valence-electron chi connectivity index (χ3n) is 5.46. The first-order chi connectivity index (χ1) is 14.9. The van der Waals surface area contributed by atoms with Crippen molar-refractivity contribution in [3.8, 4) is 23.0 Å². The SMILES string of the molecule is COc1cc(C2C(C)NNC2NC(=O)COc2cc(C)ccc2C)cc(OC)c1OC. The number of ether oxygens (including phenoxy) is 4. The van der Waals surface area contributed by atoms with Crippen LogP contribution < -0.4 is 35.1 Å². The second-order valence-corrected chi connectivity index (χ2v) is 7.66. The predicted molar refractivity (Wildman–Crippen MR) is 118 cm³/mol. The molecule has 1 saturated heterocycles. The summed E-state index contributed by atoms with van der Waals surface area (Å²) in [5, 5.41) is 3.02. The summed E-state index contributed by atoms with van der Waals surface area (Å²) in [7, 11) is 4.74. The van der Waals surface area contributed by atoms with Crippen molar-refractivity contribution in [2.75, 3.05) is 27.9 Å². The van der Waals surface area contributed by atoms with Gasteiger partial charge in [-0.2, -0.15) is 0 Å². The lowest BCUT2D eigenvalue weighted by Crippen LogP contribution is -2.47. The Labute approximate surface area is 183 Å². The third-order valence-corrected chi connectivity index (χ3v) is 5.46. The molecule has 8 heteroatoms. The van der Waals surface area contributed by atoms with Crippen LogP contribution in [0.25, 0.3) is 0 Å². The van der Waals surface area contributed by atoms with E-state index in [0.29, 0.717) is 23.0 Å². The third kappa shape index (κ3) is 5.03. The molecule has 3 N–H and O–H groups in total. The Morgan fingerprint density at radius 3 is 2.26 bits per heavy atom. The lowest BCUT2D eigenvalue weighted by Gasteiger charge is -2.24. The van der Waals surface area contributed by atoms with E-state index < -0.39 is 0 Å². The minimum Gasteiger partial charge on any atom is -0.493 e. The fourth-order valence-electron chi connectivity index (χ4n) is 3.81. The number of benzene rings is 2. The Morgan fingerprint density at radius 2 is 1.65 bits per heavy atom. The van der Waals surface area contributed by atoms with Crippen molar-refractivity contribution in [2.24, 2.45) is 0 Å². The van der Waals surface area contributed by atoms with E-state index in [9.17, 15) is 4.79 Å². The molecule has 0 saturated carbocycles. The number of rotatable bonds is 8. The molecule has 1 amide bonds. The molecule has 0 aliphatic carbocycles. The molecule has 3 atom stereocenters. The van der Waals surface area contributed by atoms with Gasteiger partial charge in [-0.05, 0) is 55.7 Å². The van der Waals surface area contributed by atoms with Crippen LogP contribution in [0.1, 0.15) is 29.5 Å². The summed E-state index contributed by atoms with van der Waals surface area (Å²) in [4.78, 5) is 12.6. The number of amides is 1. The highest BCUT2D eigenvalue weighted by Gasteiger charge is 2.36. The van der Waals surface area contributed by atoms with Gasteiger partial charge in [0.1, 0.15) is 11.9 Å². The maximum Gasteiger partial charge on any atom is 0.259 e. The van der Waals surface area contributed by atoms with E-state index in [0.717, 1.165) is 16.7 Å². The van der Waals surface area contributed by atoms with Crippen molar-refractivity contribution < 1.29 is 23.7 Å². The smallest absolute Gasteiger partial charge is 0.259 e. The van der Waals surface area contributed by atoms with E-state index >= 15 is 0 Å². The first-order valence-electron chi connectivity index (χ1n) is 10.2. The second kappa shape index (κ2) is 9.89. The lowest BCUT2D eigenvalue weighted by atomic mass is 9.90. The first kappa shape index (κ1) is 22.7. The summed E-state index contributed by atoms with van der Waals surface area (Å²) in [6, 6.07) is 9.78. The normalized spacial score (nSPS) is 20.3. The summed E-state index contributed by atoms with van der Waals surface area (Å²) < 4.78 is 22.1. The van der Waals surface area contributed by atoms with E-state index in [-0.39, 0.29) is 30.6 Å². The van der Waals surface area contributed by atoms with Crippen molar-refractivity contribution in [3.63, 3.8) is 0 Å². The van der Waals surface area contributed by atoms with Crippen LogP contribution in [0.15, 0.2) is 30.3 Å². The van der Waals surface area contributed by atoms with Crippen molar-refractivity contribution >= 4 is 5.91 Å². The maximum atomic E-state index is 12.6. The Kier molecular flexibility index (Phi) is 7.25. The van der Waals surface area contributed by atoms with Gasteiger partial charge in [0.05, 0.1) is 21.3 Å². The Balaban J connectivity index is 1.75. The van der Waals surface area contributed by atoms with Crippen molar-refractivity contribution in [1.82, 2.24) is 16.2 Å². The van der Waals surface area contributed by atoms with Crippen LogP contribution in [-0.2, 0) is 4.79 Å². The molecule has 1 aliphatic heterocycles. The molecular weight excluding hydrogens is 398 g/mol. The Hall–Kier alpha value is -2.97. The number of carbonyl (C=O) groups is 1. The van der Waals surface area contributed by atoms with Crippen LogP contribution in [0.2, 0.25) is 0 Å². The minimum absolute atomic E-state index is 0.0491. The molecule has 31 heavy (non-hydrogen) atoms. The van der Waals surface area contributed by atoms with Gasteiger partial charge in [0.25, 0.3) is 5.91 Å². The van der Waals surface area contributed by atoms with Gasteiger partial charge in [-0.3, -0.25) is 10.2 Å².